The molecule has 4 nitrogen and oxygen atoms in total. The van der Waals surface area contributed by atoms with Crippen LogP contribution in [0, 0.1) is 0 Å². The third kappa shape index (κ3) is 3.56. The molecule has 1 aliphatic heterocycles. The smallest absolute Gasteiger partial charge is 0.224 e. The van der Waals surface area contributed by atoms with E-state index in [0.29, 0.717) is 18.5 Å². The zero-order valence-corrected chi connectivity index (χ0v) is 12.9. The first-order valence-corrected chi connectivity index (χ1v) is 7.97. The highest BCUT2D eigenvalue weighted by Crippen LogP contribution is 2.34. The molecule has 1 amide bonds. The molecule has 114 valence electrons. The lowest BCUT2D eigenvalue weighted by Gasteiger charge is -2.20. The van der Waals surface area contributed by atoms with E-state index in [2.05, 4.69) is 34.6 Å². The van der Waals surface area contributed by atoms with Crippen LogP contribution in [0.3, 0.4) is 0 Å². The second-order valence-corrected chi connectivity index (χ2v) is 6.40. The molecule has 2 aliphatic rings. The number of nitrogens with one attached hydrogen (secondary N) is 2. The van der Waals surface area contributed by atoms with Gasteiger partial charge in [0.15, 0.2) is 0 Å². The number of anilines is 1. The average molecular weight is 287 g/mol. The van der Waals surface area contributed by atoms with Crippen molar-refractivity contribution in [1.29, 1.82) is 0 Å². The summed E-state index contributed by atoms with van der Waals surface area (Å²) < 4.78 is 0. The summed E-state index contributed by atoms with van der Waals surface area (Å²) in [7, 11) is 1.67. The van der Waals surface area contributed by atoms with Crippen molar-refractivity contribution in [2.45, 2.75) is 50.7 Å². The third-order valence-corrected chi connectivity index (χ3v) is 4.61. The molecular weight excluding hydrogens is 262 g/mol. The van der Waals surface area contributed by atoms with E-state index in [1.807, 2.05) is 12.1 Å². The molecule has 2 fully saturated rings. The summed E-state index contributed by atoms with van der Waals surface area (Å²) in [5, 5.41) is 6.29. The summed E-state index contributed by atoms with van der Waals surface area (Å²) in [6, 6.07) is 10.3. The van der Waals surface area contributed by atoms with Gasteiger partial charge in [0.25, 0.3) is 0 Å². The zero-order valence-electron chi connectivity index (χ0n) is 12.9. The Morgan fingerprint density at radius 3 is 2.62 bits per heavy atom. The molecule has 0 radical (unpaired) electrons. The van der Waals surface area contributed by atoms with Gasteiger partial charge in [0.1, 0.15) is 0 Å². The Labute approximate surface area is 126 Å². The Bertz CT molecular complexity index is 495. The van der Waals surface area contributed by atoms with E-state index in [1.54, 1.807) is 7.05 Å². The van der Waals surface area contributed by atoms with Crippen LogP contribution in [0.5, 0.6) is 0 Å². The number of amides is 1. The van der Waals surface area contributed by atoms with Gasteiger partial charge in [-0.2, -0.15) is 0 Å². The number of likely N-dealkylation sites (N-methyl/N-ethyl adjacent to an activating group) is 1. The van der Waals surface area contributed by atoms with E-state index in [4.69, 9.17) is 0 Å². The minimum Gasteiger partial charge on any atom is -0.381 e. The normalized spacial score (nSPS) is 25.8. The number of likely N-dealkylation sites (tertiary alicyclic amines) is 1. The van der Waals surface area contributed by atoms with Gasteiger partial charge in [-0.05, 0) is 43.9 Å². The zero-order chi connectivity index (χ0) is 14.8. The van der Waals surface area contributed by atoms with Gasteiger partial charge in [-0.15, -0.1) is 0 Å². The minimum absolute atomic E-state index is 0.0559. The molecule has 1 aromatic carbocycles. The van der Waals surface area contributed by atoms with E-state index in [9.17, 15) is 4.79 Å². The van der Waals surface area contributed by atoms with Crippen LogP contribution < -0.4 is 10.6 Å². The van der Waals surface area contributed by atoms with Crippen LogP contribution >= 0.6 is 0 Å². The molecule has 2 N–H and O–H groups in total. The molecule has 0 aromatic heterocycles. The molecule has 1 aliphatic carbocycles. The van der Waals surface area contributed by atoms with Crippen molar-refractivity contribution in [2.24, 2.45) is 0 Å². The van der Waals surface area contributed by atoms with Crippen molar-refractivity contribution < 1.29 is 4.79 Å². The molecule has 4 heteroatoms. The van der Waals surface area contributed by atoms with Crippen LogP contribution in [0.15, 0.2) is 24.3 Å². The number of nitrogens with zero attached hydrogens (tertiary/aromatic N) is 1. The van der Waals surface area contributed by atoms with E-state index in [1.165, 1.54) is 19.3 Å². The first kappa shape index (κ1) is 14.4. The molecule has 21 heavy (non-hydrogen) atoms. The molecule has 1 saturated carbocycles. The van der Waals surface area contributed by atoms with Crippen LogP contribution in [0.2, 0.25) is 0 Å². The predicted molar refractivity (Wildman–Crippen MR) is 85.4 cm³/mol. The monoisotopic (exact) mass is 287 g/mol. The molecule has 2 atom stereocenters. The van der Waals surface area contributed by atoms with Gasteiger partial charge in [0.2, 0.25) is 5.91 Å². The van der Waals surface area contributed by atoms with E-state index in [-0.39, 0.29) is 5.91 Å². The van der Waals surface area contributed by atoms with Crippen LogP contribution in [0.1, 0.15) is 31.7 Å². The average Bonchev–Trinajstić information content (AvgIpc) is 3.25. The Morgan fingerprint density at radius 1 is 1.29 bits per heavy atom. The van der Waals surface area contributed by atoms with Crippen molar-refractivity contribution >= 4 is 11.6 Å². The molecular formula is C17H25N3O. The van der Waals surface area contributed by atoms with Gasteiger partial charge >= 0.3 is 0 Å². The molecule has 1 saturated heterocycles. The fourth-order valence-corrected chi connectivity index (χ4v) is 3.30. The van der Waals surface area contributed by atoms with Gasteiger partial charge in [-0.3, -0.25) is 9.69 Å². The molecule has 2 unspecified atom stereocenters. The second-order valence-electron chi connectivity index (χ2n) is 6.40. The van der Waals surface area contributed by atoms with Crippen LogP contribution in [0.25, 0.3) is 0 Å². The van der Waals surface area contributed by atoms with E-state index < -0.39 is 0 Å². The molecule has 0 spiro atoms. The standard InChI is InChI=1S/C17H25N3O/c1-12-9-15(11-20(12)16-7-8-16)19-14-5-3-13(4-6-14)10-17(21)18-2/h3-6,12,15-16,19H,7-11H2,1-2H3,(H,18,21). The fraction of sp³-hybridized carbons (Fsp3) is 0.588. The quantitative estimate of drug-likeness (QED) is 0.871. The second kappa shape index (κ2) is 6.06. The maximum absolute atomic E-state index is 11.4. The number of carbonyl (C=O) groups excluding carboxylic acids is 1. The highest BCUT2D eigenvalue weighted by molar-refractivity contribution is 5.78. The Hall–Kier alpha value is -1.55. The lowest BCUT2D eigenvalue weighted by molar-refractivity contribution is -0.119. The van der Waals surface area contributed by atoms with Crippen LogP contribution in [0.4, 0.5) is 5.69 Å². The van der Waals surface area contributed by atoms with Crippen molar-refractivity contribution in [3.8, 4) is 0 Å². The first-order valence-electron chi connectivity index (χ1n) is 7.97. The molecule has 1 heterocycles. The summed E-state index contributed by atoms with van der Waals surface area (Å²) in [5.74, 6) is 0.0559. The van der Waals surface area contributed by atoms with Crippen LogP contribution in [-0.2, 0) is 11.2 Å². The van der Waals surface area contributed by atoms with Gasteiger partial charge < -0.3 is 10.6 Å². The summed E-state index contributed by atoms with van der Waals surface area (Å²) in [6.45, 7) is 3.50. The maximum atomic E-state index is 11.4. The van der Waals surface area contributed by atoms with Gasteiger partial charge in [0.05, 0.1) is 6.42 Å². The van der Waals surface area contributed by atoms with E-state index in [0.717, 1.165) is 23.8 Å². The van der Waals surface area contributed by atoms with Crippen molar-refractivity contribution in [3.63, 3.8) is 0 Å². The van der Waals surface area contributed by atoms with Gasteiger partial charge in [-0.1, -0.05) is 12.1 Å². The SMILES string of the molecule is CNC(=O)Cc1ccc(NC2CC(C)N(C3CC3)C2)cc1. The minimum atomic E-state index is 0.0559. The Kier molecular flexibility index (Phi) is 4.15. The van der Waals surface area contributed by atoms with Gasteiger partial charge in [-0.25, -0.2) is 0 Å². The van der Waals surface area contributed by atoms with Crippen molar-refractivity contribution in [3.05, 3.63) is 29.8 Å². The van der Waals surface area contributed by atoms with Gasteiger partial charge in [0, 0.05) is 37.4 Å². The summed E-state index contributed by atoms with van der Waals surface area (Å²) >= 11 is 0. The van der Waals surface area contributed by atoms with E-state index >= 15 is 0 Å². The Balaban J connectivity index is 1.54. The lowest BCUT2D eigenvalue weighted by atomic mass is 10.1. The predicted octanol–water partition coefficient (Wildman–Crippen LogP) is 2.01. The third-order valence-electron chi connectivity index (χ3n) is 4.61. The van der Waals surface area contributed by atoms with Crippen molar-refractivity contribution in [1.82, 2.24) is 10.2 Å². The number of hydrogen-bond acceptors (Lipinski definition) is 3. The topological polar surface area (TPSA) is 44.4 Å². The molecule has 1 aromatic rings. The number of hydrogen-bond donors (Lipinski definition) is 2. The first-order chi connectivity index (χ1) is 10.2. The number of benzene rings is 1. The van der Waals surface area contributed by atoms with Crippen molar-refractivity contribution in [2.75, 3.05) is 18.9 Å². The highest BCUT2D eigenvalue weighted by Gasteiger charge is 2.38. The maximum Gasteiger partial charge on any atom is 0.224 e. The summed E-state index contributed by atoms with van der Waals surface area (Å²) in [6.07, 6.45) is 4.43. The number of carbonyl (C=O) groups is 1. The summed E-state index contributed by atoms with van der Waals surface area (Å²) in [4.78, 5) is 14.0. The fourth-order valence-electron chi connectivity index (χ4n) is 3.30. The lowest BCUT2D eigenvalue weighted by Crippen LogP contribution is -2.31. The number of rotatable bonds is 5. The Morgan fingerprint density at radius 2 is 2.00 bits per heavy atom. The molecule has 0 bridgehead atoms. The molecule has 3 rings (SSSR count). The highest BCUT2D eigenvalue weighted by atomic mass is 16.1. The largest absolute Gasteiger partial charge is 0.381 e. The van der Waals surface area contributed by atoms with Crippen LogP contribution in [-0.4, -0.2) is 42.5 Å². The summed E-state index contributed by atoms with van der Waals surface area (Å²) in [5.41, 5.74) is 2.21.